The SMILES string of the molecule is CCC(N)(CC)COCc1cccs1. The number of thiophene rings is 1. The Hall–Kier alpha value is -0.380. The molecule has 0 bridgehead atoms. The van der Waals surface area contributed by atoms with Crippen molar-refractivity contribution in [3.05, 3.63) is 22.4 Å². The molecule has 0 fully saturated rings. The summed E-state index contributed by atoms with van der Waals surface area (Å²) in [7, 11) is 0. The lowest BCUT2D eigenvalue weighted by molar-refractivity contribution is 0.0711. The van der Waals surface area contributed by atoms with Crippen LogP contribution in [0.4, 0.5) is 0 Å². The van der Waals surface area contributed by atoms with Gasteiger partial charge >= 0.3 is 0 Å². The second kappa shape index (κ2) is 5.49. The first-order valence-electron chi connectivity index (χ1n) is 5.09. The van der Waals surface area contributed by atoms with Gasteiger partial charge in [-0.15, -0.1) is 11.3 Å². The lowest BCUT2D eigenvalue weighted by atomic mass is 9.96. The maximum Gasteiger partial charge on any atom is 0.0810 e. The third-order valence-electron chi connectivity index (χ3n) is 2.62. The van der Waals surface area contributed by atoms with Crippen LogP contribution in [0.5, 0.6) is 0 Å². The molecule has 2 N–H and O–H groups in total. The van der Waals surface area contributed by atoms with Crippen LogP contribution in [0.3, 0.4) is 0 Å². The zero-order valence-electron chi connectivity index (χ0n) is 8.95. The second-order valence-electron chi connectivity index (χ2n) is 3.64. The van der Waals surface area contributed by atoms with Crippen molar-refractivity contribution < 1.29 is 4.74 Å². The molecule has 14 heavy (non-hydrogen) atoms. The molecule has 0 aromatic carbocycles. The number of rotatable bonds is 6. The Morgan fingerprint density at radius 2 is 2.14 bits per heavy atom. The van der Waals surface area contributed by atoms with Crippen molar-refractivity contribution in [1.82, 2.24) is 0 Å². The molecule has 2 nitrogen and oxygen atoms in total. The lowest BCUT2D eigenvalue weighted by Crippen LogP contribution is -2.43. The van der Waals surface area contributed by atoms with E-state index in [0.717, 1.165) is 12.8 Å². The Bertz CT molecular complexity index is 242. The highest BCUT2D eigenvalue weighted by atomic mass is 32.1. The fourth-order valence-electron chi connectivity index (χ4n) is 1.20. The van der Waals surface area contributed by atoms with Gasteiger partial charge in [-0.1, -0.05) is 19.9 Å². The summed E-state index contributed by atoms with van der Waals surface area (Å²) < 4.78 is 5.61. The van der Waals surface area contributed by atoms with Crippen molar-refractivity contribution in [2.45, 2.75) is 38.8 Å². The lowest BCUT2D eigenvalue weighted by Gasteiger charge is -2.26. The molecular weight excluding hydrogens is 194 g/mol. The summed E-state index contributed by atoms with van der Waals surface area (Å²) in [5.74, 6) is 0. The average Bonchev–Trinajstić information content (AvgIpc) is 2.70. The normalized spacial score (nSPS) is 11.9. The summed E-state index contributed by atoms with van der Waals surface area (Å²) in [5.41, 5.74) is 5.97. The molecular formula is C11H19NOS. The van der Waals surface area contributed by atoms with Crippen LogP contribution in [0.1, 0.15) is 31.6 Å². The van der Waals surface area contributed by atoms with E-state index in [4.69, 9.17) is 10.5 Å². The van der Waals surface area contributed by atoms with Crippen molar-refractivity contribution in [2.75, 3.05) is 6.61 Å². The van der Waals surface area contributed by atoms with E-state index in [1.165, 1.54) is 4.88 Å². The Labute approximate surface area is 90.1 Å². The summed E-state index contributed by atoms with van der Waals surface area (Å²) in [6, 6.07) is 4.12. The highest BCUT2D eigenvalue weighted by Crippen LogP contribution is 2.14. The minimum absolute atomic E-state index is 0.142. The van der Waals surface area contributed by atoms with Gasteiger partial charge in [-0.05, 0) is 24.3 Å². The van der Waals surface area contributed by atoms with Gasteiger partial charge < -0.3 is 10.5 Å². The fourth-order valence-corrected chi connectivity index (χ4v) is 1.84. The van der Waals surface area contributed by atoms with Crippen LogP contribution in [0.25, 0.3) is 0 Å². The predicted molar refractivity (Wildman–Crippen MR) is 61.5 cm³/mol. The first-order chi connectivity index (χ1) is 6.70. The number of nitrogens with two attached hydrogens (primary N) is 1. The van der Waals surface area contributed by atoms with Gasteiger partial charge in [0.15, 0.2) is 0 Å². The summed E-state index contributed by atoms with van der Waals surface area (Å²) in [4.78, 5) is 1.26. The van der Waals surface area contributed by atoms with Gasteiger partial charge in [0.1, 0.15) is 0 Å². The molecule has 0 radical (unpaired) electrons. The molecule has 0 aliphatic heterocycles. The molecule has 0 atom stereocenters. The maximum absolute atomic E-state index is 6.11. The number of hydrogen-bond donors (Lipinski definition) is 1. The Kier molecular flexibility index (Phi) is 4.58. The van der Waals surface area contributed by atoms with Crippen molar-refractivity contribution in [3.8, 4) is 0 Å². The van der Waals surface area contributed by atoms with Gasteiger partial charge in [0, 0.05) is 10.4 Å². The molecule has 0 saturated heterocycles. The largest absolute Gasteiger partial charge is 0.374 e. The molecule has 1 heterocycles. The monoisotopic (exact) mass is 213 g/mol. The van der Waals surface area contributed by atoms with Gasteiger partial charge in [-0.25, -0.2) is 0 Å². The third kappa shape index (κ3) is 3.40. The Morgan fingerprint density at radius 1 is 1.43 bits per heavy atom. The quantitative estimate of drug-likeness (QED) is 0.788. The van der Waals surface area contributed by atoms with E-state index in [0.29, 0.717) is 13.2 Å². The van der Waals surface area contributed by atoms with Crippen molar-refractivity contribution in [2.24, 2.45) is 5.73 Å². The van der Waals surface area contributed by atoms with Crippen LogP contribution in [-0.4, -0.2) is 12.1 Å². The summed E-state index contributed by atoms with van der Waals surface area (Å²) >= 11 is 1.72. The molecule has 0 spiro atoms. The zero-order chi connectivity index (χ0) is 10.4. The van der Waals surface area contributed by atoms with E-state index in [9.17, 15) is 0 Å². The van der Waals surface area contributed by atoms with Gasteiger partial charge in [0.05, 0.1) is 13.2 Å². The number of hydrogen-bond acceptors (Lipinski definition) is 3. The molecule has 0 aliphatic rings. The van der Waals surface area contributed by atoms with Crippen molar-refractivity contribution in [1.29, 1.82) is 0 Å². The highest BCUT2D eigenvalue weighted by molar-refractivity contribution is 7.09. The molecule has 1 aromatic rings. The minimum atomic E-state index is -0.142. The number of ether oxygens (including phenoxy) is 1. The smallest absolute Gasteiger partial charge is 0.0810 e. The van der Waals surface area contributed by atoms with Crippen molar-refractivity contribution in [3.63, 3.8) is 0 Å². The van der Waals surface area contributed by atoms with Gasteiger partial charge in [0.25, 0.3) is 0 Å². The molecule has 0 saturated carbocycles. The van der Waals surface area contributed by atoms with Gasteiger partial charge in [-0.3, -0.25) is 0 Å². The van der Waals surface area contributed by atoms with Crippen LogP contribution in [0, 0.1) is 0 Å². The summed E-state index contributed by atoms with van der Waals surface area (Å²) in [6.45, 7) is 5.56. The Balaban J connectivity index is 2.27. The van der Waals surface area contributed by atoms with Gasteiger partial charge in [0.2, 0.25) is 0 Å². The molecule has 3 heteroatoms. The topological polar surface area (TPSA) is 35.2 Å². The molecule has 80 valence electrons. The summed E-state index contributed by atoms with van der Waals surface area (Å²) in [6.07, 6.45) is 1.93. The molecule has 0 aliphatic carbocycles. The van der Waals surface area contributed by atoms with E-state index < -0.39 is 0 Å². The summed E-state index contributed by atoms with van der Waals surface area (Å²) in [5, 5.41) is 2.06. The van der Waals surface area contributed by atoms with Gasteiger partial charge in [-0.2, -0.15) is 0 Å². The van der Waals surface area contributed by atoms with Crippen LogP contribution in [-0.2, 0) is 11.3 Å². The first kappa shape index (κ1) is 11.7. The molecule has 1 rings (SSSR count). The Morgan fingerprint density at radius 3 is 2.64 bits per heavy atom. The first-order valence-corrected chi connectivity index (χ1v) is 5.97. The van der Waals surface area contributed by atoms with Crippen molar-refractivity contribution >= 4 is 11.3 Å². The second-order valence-corrected chi connectivity index (χ2v) is 4.67. The van der Waals surface area contributed by atoms with Crippen LogP contribution >= 0.6 is 11.3 Å². The average molecular weight is 213 g/mol. The molecule has 0 unspecified atom stereocenters. The van der Waals surface area contributed by atoms with E-state index in [1.54, 1.807) is 11.3 Å². The standard InChI is InChI=1S/C11H19NOS/c1-3-11(12,4-2)9-13-8-10-6-5-7-14-10/h5-7H,3-4,8-9,12H2,1-2H3. The third-order valence-corrected chi connectivity index (χ3v) is 3.47. The predicted octanol–water partition coefficient (Wildman–Crippen LogP) is 2.78. The maximum atomic E-state index is 6.11. The van der Waals surface area contributed by atoms with Crippen LogP contribution < -0.4 is 5.73 Å². The highest BCUT2D eigenvalue weighted by Gasteiger charge is 2.20. The van der Waals surface area contributed by atoms with E-state index in [2.05, 4.69) is 25.3 Å². The van der Waals surface area contributed by atoms with E-state index in [-0.39, 0.29) is 5.54 Å². The molecule has 1 aromatic heterocycles. The fraction of sp³-hybridized carbons (Fsp3) is 0.636. The minimum Gasteiger partial charge on any atom is -0.374 e. The van der Waals surface area contributed by atoms with E-state index >= 15 is 0 Å². The zero-order valence-corrected chi connectivity index (χ0v) is 9.77. The van der Waals surface area contributed by atoms with E-state index in [1.807, 2.05) is 6.07 Å². The van der Waals surface area contributed by atoms with Crippen LogP contribution in [0.2, 0.25) is 0 Å². The molecule has 0 amide bonds. The van der Waals surface area contributed by atoms with Crippen LogP contribution in [0.15, 0.2) is 17.5 Å².